The van der Waals surface area contributed by atoms with Crippen LogP contribution in [0, 0.1) is 0 Å². The van der Waals surface area contributed by atoms with Gasteiger partial charge in [-0.3, -0.25) is 0 Å². The van der Waals surface area contributed by atoms with Crippen LogP contribution in [0.1, 0.15) is 11.1 Å². The van der Waals surface area contributed by atoms with E-state index in [1.807, 2.05) is 37.4 Å². The van der Waals surface area contributed by atoms with Gasteiger partial charge >= 0.3 is 0 Å². The maximum Gasteiger partial charge on any atom is 0.119 e. The molecule has 0 radical (unpaired) electrons. The molecular formula is C15H15Cl2NO. The molecule has 0 spiro atoms. The fraction of sp³-hybridized carbons (Fsp3) is 0.200. The first kappa shape index (κ1) is 14.2. The Hall–Kier alpha value is -1.22. The molecule has 0 aliphatic heterocycles. The van der Waals surface area contributed by atoms with Crippen LogP contribution in [0.2, 0.25) is 10.0 Å². The topological polar surface area (TPSA) is 21.3 Å². The van der Waals surface area contributed by atoms with Crippen LogP contribution in [0.25, 0.3) is 0 Å². The van der Waals surface area contributed by atoms with Crippen molar-refractivity contribution in [3.63, 3.8) is 0 Å². The number of ether oxygens (including phenoxy) is 1. The molecular weight excluding hydrogens is 281 g/mol. The van der Waals surface area contributed by atoms with Crippen LogP contribution in [0.15, 0.2) is 42.5 Å². The molecule has 0 aliphatic rings. The maximum atomic E-state index is 6.08. The van der Waals surface area contributed by atoms with Gasteiger partial charge in [-0.05, 0) is 42.9 Å². The average molecular weight is 296 g/mol. The minimum atomic E-state index is 0.408. The zero-order chi connectivity index (χ0) is 13.7. The molecule has 100 valence electrons. The normalized spacial score (nSPS) is 10.5. The lowest BCUT2D eigenvalue weighted by atomic mass is 10.2. The van der Waals surface area contributed by atoms with Crippen molar-refractivity contribution in [1.29, 1.82) is 0 Å². The van der Waals surface area contributed by atoms with Crippen molar-refractivity contribution in [2.45, 2.75) is 13.2 Å². The highest BCUT2D eigenvalue weighted by Gasteiger charge is 2.03. The molecule has 2 nitrogen and oxygen atoms in total. The summed E-state index contributed by atoms with van der Waals surface area (Å²) in [4.78, 5) is 0. The lowest BCUT2D eigenvalue weighted by Gasteiger charge is -2.09. The van der Waals surface area contributed by atoms with Crippen LogP contribution >= 0.6 is 23.2 Å². The molecule has 0 fully saturated rings. The van der Waals surface area contributed by atoms with Crippen molar-refractivity contribution in [3.05, 3.63) is 63.6 Å². The Morgan fingerprint density at radius 2 is 1.79 bits per heavy atom. The zero-order valence-electron chi connectivity index (χ0n) is 10.6. The molecule has 0 bridgehead atoms. The Morgan fingerprint density at radius 3 is 2.47 bits per heavy atom. The summed E-state index contributed by atoms with van der Waals surface area (Å²) < 4.78 is 5.70. The van der Waals surface area contributed by atoms with Gasteiger partial charge in [-0.25, -0.2) is 0 Å². The summed E-state index contributed by atoms with van der Waals surface area (Å²) in [7, 11) is 1.92. The Balaban J connectivity index is 2.00. The van der Waals surface area contributed by atoms with Gasteiger partial charge in [0.2, 0.25) is 0 Å². The monoisotopic (exact) mass is 295 g/mol. The number of hydrogen-bond acceptors (Lipinski definition) is 2. The van der Waals surface area contributed by atoms with E-state index >= 15 is 0 Å². The molecule has 19 heavy (non-hydrogen) atoms. The number of halogens is 2. The number of hydrogen-bond donors (Lipinski definition) is 1. The third-order valence-electron chi connectivity index (χ3n) is 2.71. The molecule has 2 rings (SSSR count). The van der Waals surface area contributed by atoms with Gasteiger partial charge in [0.1, 0.15) is 12.4 Å². The molecule has 2 aromatic carbocycles. The van der Waals surface area contributed by atoms with Gasteiger partial charge in [0.05, 0.1) is 0 Å². The van der Waals surface area contributed by atoms with Crippen molar-refractivity contribution in [3.8, 4) is 5.75 Å². The zero-order valence-corrected chi connectivity index (χ0v) is 12.1. The van der Waals surface area contributed by atoms with Crippen molar-refractivity contribution in [2.75, 3.05) is 7.05 Å². The van der Waals surface area contributed by atoms with Crippen LogP contribution in [0.4, 0.5) is 0 Å². The standard InChI is InChI=1S/C15H15Cl2NO/c1-18-9-11-2-5-14(6-3-11)19-10-12-8-13(16)4-7-15(12)17/h2-8,18H,9-10H2,1H3. The Bertz CT molecular complexity index is 540. The Kier molecular flexibility index (Phi) is 5.08. The van der Waals surface area contributed by atoms with Crippen molar-refractivity contribution in [2.24, 2.45) is 0 Å². The lowest BCUT2D eigenvalue weighted by molar-refractivity contribution is 0.306. The first-order valence-electron chi connectivity index (χ1n) is 5.99. The first-order chi connectivity index (χ1) is 9.19. The maximum absolute atomic E-state index is 6.08. The van der Waals surface area contributed by atoms with E-state index in [1.165, 1.54) is 5.56 Å². The van der Waals surface area contributed by atoms with Crippen LogP contribution in [0.5, 0.6) is 5.75 Å². The first-order valence-corrected chi connectivity index (χ1v) is 6.75. The van der Waals surface area contributed by atoms with Crippen molar-refractivity contribution in [1.82, 2.24) is 5.32 Å². The molecule has 0 amide bonds. The molecule has 0 heterocycles. The SMILES string of the molecule is CNCc1ccc(OCc2cc(Cl)ccc2Cl)cc1. The minimum absolute atomic E-state index is 0.408. The van der Waals surface area contributed by atoms with E-state index < -0.39 is 0 Å². The van der Waals surface area contributed by atoms with Crippen LogP contribution in [-0.2, 0) is 13.2 Å². The van der Waals surface area contributed by atoms with E-state index in [1.54, 1.807) is 12.1 Å². The van der Waals surface area contributed by atoms with E-state index in [0.29, 0.717) is 16.7 Å². The van der Waals surface area contributed by atoms with E-state index in [4.69, 9.17) is 27.9 Å². The fourth-order valence-corrected chi connectivity index (χ4v) is 2.09. The van der Waals surface area contributed by atoms with Crippen molar-refractivity contribution < 1.29 is 4.74 Å². The molecule has 0 saturated heterocycles. The minimum Gasteiger partial charge on any atom is -0.489 e. The van der Waals surface area contributed by atoms with E-state index in [2.05, 4.69) is 5.32 Å². The molecule has 1 N–H and O–H groups in total. The van der Waals surface area contributed by atoms with E-state index in [9.17, 15) is 0 Å². The van der Waals surface area contributed by atoms with Crippen LogP contribution in [-0.4, -0.2) is 7.05 Å². The molecule has 0 unspecified atom stereocenters. The van der Waals surface area contributed by atoms with Gasteiger partial charge in [-0.15, -0.1) is 0 Å². The second kappa shape index (κ2) is 6.80. The van der Waals surface area contributed by atoms with E-state index in [0.717, 1.165) is 17.9 Å². The number of nitrogens with one attached hydrogen (secondary N) is 1. The third kappa shape index (κ3) is 4.13. The summed E-state index contributed by atoms with van der Waals surface area (Å²) in [5.41, 5.74) is 2.10. The summed E-state index contributed by atoms with van der Waals surface area (Å²) >= 11 is 12.0. The predicted octanol–water partition coefficient (Wildman–Crippen LogP) is 4.29. The summed E-state index contributed by atoms with van der Waals surface area (Å²) in [6, 6.07) is 13.3. The highest BCUT2D eigenvalue weighted by atomic mass is 35.5. The Morgan fingerprint density at radius 1 is 1.05 bits per heavy atom. The van der Waals surface area contributed by atoms with Crippen LogP contribution < -0.4 is 10.1 Å². The fourth-order valence-electron chi connectivity index (χ4n) is 1.72. The van der Waals surface area contributed by atoms with Gasteiger partial charge in [-0.1, -0.05) is 35.3 Å². The average Bonchev–Trinajstić information content (AvgIpc) is 2.42. The number of rotatable bonds is 5. The molecule has 0 aliphatic carbocycles. The number of benzene rings is 2. The van der Waals surface area contributed by atoms with Gasteiger partial charge < -0.3 is 10.1 Å². The smallest absolute Gasteiger partial charge is 0.119 e. The molecule has 0 aromatic heterocycles. The largest absolute Gasteiger partial charge is 0.489 e. The molecule has 4 heteroatoms. The van der Waals surface area contributed by atoms with Gasteiger partial charge in [0, 0.05) is 22.2 Å². The molecule has 2 aromatic rings. The second-order valence-electron chi connectivity index (χ2n) is 4.20. The summed E-state index contributed by atoms with van der Waals surface area (Å²) in [5.74, 6) is 0.816. The summed E-state index contributed by atoms with van der Waals surface area (Å²) in [6.45, 7) is 1.26. The predicted molar refractivity (Wildman–Crippen MR) is 80.0 cm³/mol. The van der Waals surface area contributed by atoms with Gasteiger partial charge in [0.25, 0.3) is 0 Å². The summed E-state index contributed by atoms with van der Waals surface area (Å²) in [5, 5.41) is 4.42. The lowest BCUT2D eigenvalue weighted by Crippen LogP contribution is -2.04. The van der Waals surface area contributed by atoms with Crippen molar-refractivity contribution >= 4 is 23.2 Å². The summed E-state index contributed by atoms with van der Waals surface area (Å²) in [6.07, 6.45) is 0. The quantitative estimate of drug-likeness (QED) is 0.888. The molecule has 0 atom stereocenters. The highest BCUT2D eigenvalue weighted by molar-refractivity contribution is 6.33. The highest BCUT2D eigenvalue weighted by Crippen LogP contribution is 2.22. The van der Waals surface area contributed by atoms with Gasteiger partial charge in [0.15, 0.2) is 0 Å². The Labute approximate surface area is 123 Å². The van der Waals surface area contributed by atoms with Gasteiger partial charge in [-0.2, -0.15) is 0 Å². The van der Waals surface area contributed by atoms with E-state index in [-0.39, 0.29) is 0 Å². The molecule has 0 saturated carbocycles. The third-order valence-corrected chi connectivity index (χ3v) is 3.31. The van der Waals surface area contributed by atoms with Crippen LogP contribution in [0.3, 0.4) is 0 Å². The second-order valence-corrected chi connectivity index (χ2v) is 5.04.